The van der Waals surface area contributed by atoms with Crippen LogP contribution in [0.1, 0.15) is 31.2 Å². The highest BCUT2D eigenvalue weighted by molar-refractivity contribution is 5.36. The van der Waals surface area contributed by atoms with Gasteiger partial charge in [-0.2, -0.15) is 0 Å². The first-order chi connectivity index (χ1) is 7.31. The van der Waals surface area contributed by atoms with Crippen molar-refractivity contribution >= 4 is 0 Å². The van der Waals surface area contributed by atoms with Crippen LogP contribution in [0.4, 0.5) is 0 Å². The molecule has 0 spiro atoms. The summed E-state index contributed by atoms with van der Waals surface area (Å²) < 4.78 is 5.77. The van der Waals surface area contributed by atoms with Gasteiger partial charge in [-0.15, -0.1) is 0 Å². The topological polar surface area (TPSA) is 29.5 Å². The van der Waals surface area contributed by atoms with Gasteiger partial charge in [0.25, 0.3) is 0 Å². The molecule has 0 bridgehead atoms. The maximum Gasteiger partial charge on any atom is 0.122 e. The summed E-state index contributed by atoms with van der Waals surface area (Å²) >= 11 is 0. The zero-order valence-electron chi connectivity index (χ0n) is 9.15. The van der Waals surface area contributed by atoms with E-state index in [0.29, 0.717) is 0 Å². The third-order valence-corrected chi connectivity index (χ3v) is 2.90. The molecule has 1 aliphatic carbocycles. The molecule has 82 valence electrons. The van der Waals surface area contributed by atoms with Gasteiger partial charge in [0, 0.05) is 12.5 Å². The molecule has 1 aromatic rings. The summed E-state index contributed by atoms with van der Waals surface area (Å²) in [7, 11) is 0. The first-order valence-electron chi connectivity index (χ1n) is 5.64. The predicted molar refractivity (Wildman–Crippen MR) is 60.2 cm³/mol. The number of hydrogen-bond acceptors (Lipinski definition) is 2. The maximum atomic E-state index is 9.15. The average molecular weight is 206 g/mol. The van der Waals surface area contributed by atoms with E-state index in [9.17, 15) is 0 Å². The molecule has 1 aliphatic rings. The smallest absolute Gasteiger partial charge is 0.122 e. The zero-order chi connectivity index (χ0) is 10.7. The SMILES string of the molecule is CC(CO)c1ccccc1OCC1CC1. The van der Waals surface area contributed by atoms with E-state index in [0.717, 1.165) is 23.8 Å². The van der Waals surface area contributed by atoms with Crippen LogP contribution < -0.4 is 4.74 Å². The van der Waals surface area contributed by atoms with Crippen molar-refractivity contribution in [1.29, 1.82) is 0 Å². The minimum Gasteiger partial charge on any atom is -0.493 e. The summed E-state index contributed by atoms with van der Waals surface area (Å²) in [6, 6.07) is 7.99. The Bertz CT molecular complexity index is 318. The molecule has 0 aromatic heterocycles. The fourth-order valence-electron chi connectivity index (χ4n) is 1.61. The number of benzene rings is 1. The van der Waals surface area contributed by atoms with Crippen molar-refractivity contribution in [3.05, 3.63) is 29.8 Å². The Morgan fingerprint density at radius 2 is 2.13 bits per heavy atom. The lowest BCUT2D eigenvalue weighted by molar-refractivity contribution is 0.261. The van der Waals surface area contributed by atoms with Gasteiger partial charge in [0.15, 0.2) is 0 Å². The van der Waals surface area contributed by atoms with Gasteiger partial charge in [0.2, 0.25) is 0 Å². The van der Waals surface area contributed by atoms with Gasteiger partial charge in [-0.1, -0.05) is 25.1 Å². The fourth-order valence-corrected chi connectivity index (χ4v) is 1.61. The molecule has 0 amide bonds. The lowest BCUT2D eigenvalue weighted by atomic mass is 10.0. The highest BCUT2D eigenvalue weighted by Gasteiger charge is 2.22. The monoisotopic (exact) mass is 206 g/mol. The van der Waals surface area contributed by atoms with Crippen LogP contribution in [0, 0.1) is 5.92 Å². The highest BCUT2D eigenvalue weighted by Crippen LogP contribution is 2.32. The first-order valence-corrected chi connectivity index (χ1v) is 5.64. The minimum atomic E-state index is 0.153. The molecule has 0 aliphatic heterocycles. The highest BCUT2D eigenvalue weighted by atomic mass is 16.5. The van der Waals surface area contributed by atoms with E-state index in [2.05, 4.69) is 0 Å². The van der Waals surface area contributed by atoms with Crippen LogP contribution in [-0.2, 0) is 0 Å². The molecular weight excluding hydrogens is 188 g/mol. The van der Waals surface area contributed by atoms with Gasteiger partial charge < -0.3 is 9.84 Å². The van der Waals surface area contributed by atoms with Gasteiger partial charge in [-0.05, 0) is 30.4 Å². The van der Waals surface area contributed by atoms with E-state index in [1.54, 1.807) is 0 Å². The van der Waals surface area contributed by atoms with Crippen LogP contribution in [0.15, 0.2) is 24.3 Å². The van der Waals surface area contributed by atoms with Crippen LogP contribution in [0.2, 0.25) is 0 Å². The Morgan fingerprint density at radius 1 is 1.40 bits per heavy atom. The predicted octanol–water partition coefficient (Wildman–Crippen LogP) is 2.57. The van der Waals surface area contributed by atoms with Crippen molar-refractivity contribution in [2.45, 2.75) is 25.7 Å². The van der Waals surface area contributed by atoms with Crippen molar-refractivity contribution in [3.8, 4) is 5.75 Å². The van der Waals surface area contributed by atoms with Crippen LogP contribution in [0.5, 0.6) is 5.75 Å². The number of ether oxygens (including phenoxy) is 1. The molecule has 1 fully saturated rings. The molecule has 15 heavy (non-hydrogen) atoms. The van der Waals surface area contributed by atoms with Gasteiger partial charge in [0.05, 0.1) is 6.61 Å². The number of para-hydroxylation sites is 1. The molecule has 0 radical (unpaired) electrons. The number of rotatable bonds is 5. The summed E-state index contributed by atoms with van der Waals surface area (Å²) in [5.41, 5.74) is 1.11. The minimum absolute atomic E-state index is 0.153. The van der Waals surface area contributed by atoms with E-state index in [1.165, 1.54) is 12.8 Å². The molecule has 1 saturated carbocycles. The molecule has 1 N–H and O–H groups in total. The van der Waals surface area contributed by atoms with Gasteiger partial charge in [0.1, 0.15) is 5.75 Å². The second kappa shape index (κ2) is 4.67. The second-order valence-electron chi connectivity index (χ2n) is 4.38. The van der Waals surface area contributed by atoms with Gasteiger partial charge in [-0.25, -0.2) is 0 Å². The third-order valence-electron chi connectivity index (χ3n) is 2.90. The molecule has 2 nitrogen and oxygen atoms in total. The second-order valence-corrected chi connectivity index (χ2v) is 4.38. The van der Waals surface area contributed by atoms with Crippen LogP contribution in [0.25, 0.3) is 0 Å². The molecule has 2 rings (SSSR count). The molecule has 1 unspecified atom stereocenters. The summed E-state index contributed by atoms with van der Waals surface area (Å²) in [5.74, 6) is 1.86. The molecule has 1 atom stereocenters. The van der Waals surface area contributed by atoms with Gasteiger partial charge >= 0.3 is 0 Å². The quantitative estimate of drug-likeness (QED) is 0.802. The van der Waals surface area contributed by atoms with E-state index in [4.69, 9.17) is 9.84 Å². The maximum absolute atomic E-state index is 9.15. The lowest BCUT2D eigenvalue weighted by Crippen LogP contribution is -2.05. The van der Waals surface area contributed by atoms with E-state index in [-0.39, 0.29) is 12.5 Å². The zero-order valence-corrected chi connectivity index (χ0v) is 9.15. The van der Waals surface area contributed by atoms with Crippen molar-refractivity contribution in [2.75, 3.05) is 13.2 Å². The van der Waals surface area contributed by atoms with Crippen LogP contribution >= 0.6 is 0 Å². The van der Waals surface area contributed by atoms with Crippen molar-refractivity contribution in [3.63, 3.8) is 0 Å². The Balaban J connectivity index is 2.05. The van der Waals surface area contributed by atoms with E-state index in [1.807, 2.05) is 31.2 Å². The van der Waals surface area contributed by atoms with Crippen LogP contribution in [0.3, 0.4) is 0 Å². The Labute approximate surface area is 90.9 Å². The number of hydrogen-bond donors (Lipinski definition) is 1. The summed E-state index contributed by atoms with van der Waals surface area (Å²) in [4.78, 5) is 0. The third kappa shape index (κ3) is 2.72. The van der Waals surface area contributed by atoms with Crippen molar-refractivity contribution in [1.82, 2.24) is 0 Å². The molecule has 0 saturated heterocycles. The van der Waals surface area contributed by atoms with E-state index < -0.39 is 0 Å². The normalized spacial score (nSPS) is 17.5. The van der Waals surface area contributed by atoms with Crippen LogP contribution in [-0.4, -0.2) is 18.3 Å². The fraction of sp³-hybridized carbons (Fsp3) is 0.538. The standard InChI is InChI=1S/C13H18O2/c1-10(8-14)12-4-2-3-5-13(12)15-9-11-6-7-11/h2-5,10-11,14H,6-9H2,1H3. The Kier molecular flexibility index (Phi) is 3.27. The largest absolute Gasteiger partial charge is 0.493 e. The Morgan fingerprint density at radius 3 is 2.80 bits per heavy atom. The first kappa shape index (κ1) is 10.5. The summed E-state index contributed by atoms with van der Waals surface area (Å²) in [6.07, 6.45) is 2.61. The van der Waals surface area contributed by atoms with E-state index >= 15 is 0 Å². The molecular formula is C13H18O2. The summed E-state index contributed by atoms with van der Waals surface area (Å²) in [5, 5.41) is 9.15. The Hall–Kier alpha value is -1.02. The van der Waals surface area contributed by atoms with Crippen molar-refractivity contribution < 1.29 is 9.84 Å². The van der Waals surface area contributed by atoms with Crippen molar-refractivity contribution in [2.24, 2.45) is 5.92 Å². The number of aliphatic hydroxyl groups excluding tert-OH is 1. The van der Waals surface area contributed by atoms with Gasteiger partial charge in [-0.3, -0.25) is 0 Å². The molecule has 0 heterocycles. The average Bonchev–Trinajstić information content (AvgIpc) is 3.09. The number of aliphatic hydroxyl groups is 1. The molecule has 1 aromatic carbocycles. The molecule has 2 heteroatoms. The lowest BCUT2D eigenvalue weighted by Gasteiger charge is -2.14. The summed E-state index contributed by atoms with van der Waals surface area (Å²) in [6.45, 7) is 3.01.